The Bertz CT molecular complexity index is 1170. The maximum absolute atomic E-state index is 12.7. The number of rotatable bonds is 8. The maximum atomic E-state index is 12.7. The van der Waals surface area contributed by atoms with Gasteiger partial charge in [0.1, 0.15) is 5.75 Å². The summed E-state index contributed by atoms with van der Waals surface area (Å²) < 4.78 is 5.99. The van der Waals surface area contributed by atoms with Gasteiger partial charge in [-0.3, -0.25) is 4.79 Å². The Hall–Kier alpha value is -3.98. The highest BCUT2D eigenvalue weighted by Crippen LogP contribution is 2.35. The number of carbonyl (C=O) groups excluding carboxylic acids is 1. The first-order chi connectivity index (χ1) is 17.6. The molecule has 0 aromatic heterocycles. The van der Waals surface area contributed by atoms with Gasteiger partial charge in [0, 0.05) is 36.6 Å². The van der Waals surface area contributed by atoms with Crippen molar-refractivity contribution < 1.29 is 29.3 Å². The lowest BCUT2D eigenvalue weighted by atomic mass is 9.79. The molecule has 9 nitrogen and oxygen atoms in total. The van der Waals surface area contributed by atoms with Gasteiger partial charge in [-0.1, -0.05) is 23.8 Å². The summed E-state index contributed by atoms with van der Waals surface area (Å²) in [6.07, 6.45) is 4.58. The molecule has 4 rings (SSSR count). The normalized spacial score (nSPS) is 16.4. The van der Waals surface area contributed by atoms with Gasteiger partial charge < -0.3 is 19.8 Å². The average Bonchev–Trinajstić information content (AvgIpc) is 2.85. The van der Waals surface area contributed by atoms with Crippen LogP contribution in [-0.2, 0) is 20.8 Å². The van der Waals surface area contributed by atoms with Crippen LogP contribution in [0.15, 0.2) is 59.7 Å². The molecular weight excluding hydrogens is 474 g/mol. The van der Waals surface area contributed by atoms with Crippen molar-refractivity contribution >= 4 is 29.2 Å². The van der Waals surface area contributed by atoms with E-state index in [0.29, 0.717) is 25.2 Å². The highest BCUT2D eigenvalue weighted by molar-refractivity contribution is 6.11. The molecule has 0 radical (unpaired) electrons. The van der Waals surface area contributed by atoms with Gasteiger partial charge in [0.2, 0.25) is 5.91 Å². The Kier molecular flexibility index (Phi) is 9.57. The van der Waals surface area contributed by atoms with Crippen molar-refractivity contribution in [2.45, 2.75) is 32.6 Å². The third-order valence-corrected chi connectivity index (χ3v) is 6.04. The first-order valence-electron chi connectivity index (χ1n) is 12.2. The smallest absolute Gasteiger partial charge is 0.328 e. The lowest BCUT2D eigenvalue weighted by Crippen LogP contribution is -2.39. The number of hydrazone groups is 1. The summed E-state index contributed by atoms with van der Waals surface area (Å²) in [5.41, 5.74) is 5.44. The Morgan fingerprint density at radius 1 is 1.11 bits per heavy atom. The quantitative estimate of drug-likeness (QED) is 0.413. The Labute approximate surface area is 216 Å². The number of carbonyl (C=O) groups is 3. The molecule has 0 saturated carbocycles. The molecule has 9 heteroatoms. The molecule has 2 aliphatic rings. The summed E-state index contributed by atoms with van der Waals surface area (Å²) in [5, 5.41) is 22.0. The second-order valence-electron chi connectivity index (χ2n) is 9.30. The van der Waals surface area contributed by atoms with E-state index in [0.717, 1.165) is 48.5 Å². The molecule has 0 saturated heterocycles. The Morgan fingerprint density at radius 2 is 1.78 bits per heavy atom. The number of ether oxygens (including phenoxy) is 1. The molecule has 1 amide bonds. The summed E-state index contributed by atoms with van der Waals surface area (Å²) in [6, 6.07) is 14.3. The van der Waals surface area contributed by atoms with Crippen LogP contribution < -0.4 is 9.75 Å². The molecule has 1 heterocycles. The number of benzene rings is 2. The lowest BCUT2D eigenvalue weighted by Gasteiger charge is -2.33. The SMILES string of the molecule is Cc1ccc(N2N=C3c4cc(OCCCN(C)C)ccc4CCC3CC2=O)cc1.O=C(O)C=CC(=O)O. The van der Waals surface area contributed by atoms with Crippen LogP contribution in [0.25, 0.3) is 0 Å². The van der Waals surface area contributed by atoms with Gasteiger partial charge in [-0.15, -0.1) is 0 Å². The van der Waals surface area contributed by atoms with Gasteiger partial charge in [-0.2, -0.15) is 5.10 Å². The van der Waals surface area contributed by atoms with E-state index in [1.165, 1.54) is 11.1 Å². The van der Waals surface area contributed by atoms with E-state index in [9.17, 15) is 14.4 Å². The topological polar surface area (TPSA) is 120 Å². The molecule has 0 spiro atoms. The molecule has 0 bridgehead atoms. The second-order valence-corrected chi connectivity index (χ2v) is 9.30. The molecule has 2 N–H and O–H groups in total. The van der Waals surface area contributed by atoms with Crippen LogP contribution in [0, 0.1) is 12.8 Å². The van der Waals surface area contributed by atoms with Crippen LogP contribution >= 0.6 is 0 Å². The number of nitrogens with zero attached hydrogens (tertiary/aromatic N) is 3. The number of fused-ring (bicyclic) bond motifs is 3. The number of aliphatic carboxylic acids is 2. The monoisotopic (exact) mass is 507 g/mol. The van der Waals surface area contributed by atoms with Gasteiger partial charge in [0.25, 0.3) is 0 Å². The standard InChI is InChI=1S/C24H29N3O2.C4H4O4/c1-17-5-10-20(11-6-17)27-23(28)15-19-8-7-18-9-12-21(16-22(18)24(19)25-27)29-14-4-13-26(2)3;5-3(6)1-2-4(7)8/h5-6,9-12,16,19H,4,7-8,13-15H2,1-3H3;1-2H,(H,5,6)(H,7,8). The zero-order chi connectivity index (χ0) is 26.9. The van der Waals surface area contributed by atoms with Gasteiger partial charge in [0.15, 0.2) is 0 Å². The minimum atomic E-state index is -1.26. The number of hydrogen-bond donors (Lipinski definition) is 2. The molecule has 1 aliphatic carbocycles. The van der Waals surface area contributed by atoms with E-state index in [4.69, 9.17) is 20.1 Å². The minimum absolute atomic E-state index is 0.0714. The van der Waals surface area contributed by atoms with E-state index in [1.807, 2.05) is 31.2 Å². The Balaban J connectivity index is 0.000000414. The summed E-state index contributed by atoms with van der Waals surface area (Å²) >= 11 is 0. The fraction of sp³-hybridized carbons (Fsp3) is 0.357. The number of carboxylic acid groups (broad SMARTS) is 2. The molecule has 2 aromatic carbocycles. The molecule has 37 heavy (non-hydrogen) atoms. The third kappa shape index (κ3) is 8.01. The van der Waals surface area contributed by atoms with E-state index >= 15 is 0 Å². The van der Waals surface area contributed by atoms with Crippen molar-refractivity contribution in [2.24, 2.45) is 11.0 Å². The first kappa shape index (κ1) is 27.6. The fourth-order valence-electron chi connectivity index (χ4n) is 4.18. The van der Waals surface area contributed by atoms with Crippen molar-refractivity contribution in [3.8, 4) is 5.75 Å². The third-order valence-electron chi connectivity index (χ3n) is 6.04. The molecular formula is C28H33N3O6. The largest absolute Gasteiger partial charge is 0.494 e. The molecule has 196 valence electrons. The highest BCUT2D eigenvalue weighted by Gasteiger charge is 2.34. The van der Waals surface area contributed by atoms with Crippen LogP contribution in [-0.4, -0.2) is 65.9 Å². The molecule has 1 atom stereocenters. The molecule has 0 fully saturated rings. The number of amides is 1. The van der Waals surface area contributed by atoms with Crippen LogP contribution in [0.2, 0.25) is 0 Å². The summed E-state index contributed by atoms with van der Waals surface area (Å²) in [5.74, 6) is -1.37. The van der Waals surface area contributed by atoms with Gasteiger partial charge >= 0.3 is 11.9 Å². The van der Waals surface area contributed by atoms with E-state index in [2.05, 4.69) is 37.2 Å². The van der Waals surface area contributed by atoms with Gasteiger partial charge in [-0.25, -0.2) is 14.6 Å². The number of carboxylic acids is 2. The molecule has 1 unspecified atom stereocenters. The van der Waals surface area contributed by atoms with Crippen molar-refractivity contribution in [2.75, 3.05) is 32.3 Å². The summed E-state index contributed by atoms with van der Waals surface area (Å²) in [6.45, 7) is 3.75. The average molecular weight is 508 g/mol. The summed E-state index contributed by atoms with van der Waals surface area (Å²) in [4.78, 5) is 34.0. The van der Waals surface area contributed by atoms with Crippen LogP contribution in [0.4, 0.5) is 5.69 Å². The molecule has 2 aromatic rings. The van der Waals surface area contributed by atoms with Crippen LogP contribution in [0.1, 0.15) is 36.0 Å². The van der Waals surface area contributed by atoms with Crippen molar-refractivity contribution in [3.05, 3.63) is 71.3 Å². The van der Waals surface area contributed by atoms with Gasteiger partial charge in [-0.05, 0) is 70.1 Å². The zero-order valence-electron chi connectivity index (χ0n) is 21.4. The zero-order valence-corrected chi connectivity index (χ0v) is 21.4. The summed E-state index contributed by atoms with van der Waals surface area (Å²) in [7, 11) is 4.14. The fourth-order valence-corrected chi connectivity index (χ4v) is 4.18. The first-order valence-corrected chi connectivity index (χ1v) is 12.2. The van der Waals surface area contributed by atoms with Crippen LogP contribution in [0.3, 0.4) is 0 Å². The van der Waals surface area contributed by atoms with Crippen molar-refractivity contribution in [1.29, 1.82) is 0 Å². The highest BCUT2D eigenvalue weighted by atomic mass is 16.5. The predicted octanol–water partition coefficient (Wildman–Crippen LogP) is 3.74. The maximum Gasteiger partial charge on any atom is 0.328 e. The van der Waals surface area contributed by atoms with E-state index in [1.54, 1.807) is 5.01 Å². The number of aryl methyl sites for hydroxylation is 2. The minimum Gasteiger partial charge on any atom is -0.494 e. The van der Waals surface area contributed by atoms with Gasteiger partial charge in [0.05, 0.1) is 18.0 Å². The van der Waals surface area contributed by atoms with E-state index < -0.39 is 11.9 Å². The van der Waals surface area contributed by atoms with Crippen molar-refractivity contribution in [1.82, 2.24) is 4.90 Å². The Morgan fingerprint density at radius 3 is 2.41 bits per heavy atom. The second kappa shape index (κ2) is 12.8. The predicted molar refractivity (Wildman–Crippen MR) is 141 cm³/mol. The number of hydrogen-bond acceptors (Lipinski definition) is 6. The van der Waals surface area contributed by atoms with Crippen molar-refractivity contribution in [3.63, 3.8) is 0 Å². The number of anilines is 1. The van der Waals surface area contributed by atoms with E-state index in [-0.39, 0.29) is 11.8 Å². The van der Waals surface area contributed by atoms with Crippen LogP contribution in [0.5, 0.6) is 5.75 Å². The lowest BCUT2D eigenvalue weighted by molar-refractivity contribution is -0.134. The molecule has 1 aliphatic heterocycles.